The van der Waals surface area contributed by atoms with Crippen molar-refractivity contribution in [2.45, 2.75) is 30.8 Å². The van der Waals surface area contributed by atoms with Gasteiger partial charge in [0.05, 0.1) is 13.7 Å². The molecule has 0 aliphatic heterocycles. The number of alkyl carbamates (subject to hydrolysis) is 1. The molecule has 0 aromatic heterocycles. The zero-order valence-electron chi connectivity index (χ0n) is 23.6. The number of ether oxygens (including phenoxy) is 4. The summed E-state index contributed by atoms with van der Waals surface area (Å²) in [6, 6.07) is 13.4. The summed E-state index contributed by atoms with van der Waals surface area (Å²) in [4.78, 5) is 61.8. The summed E-state index contributed by atoms with van der Waals surface area (Å²) in [5, 5.41) is 7.30. The van der Waals surface area contributed by atoms with Crippen molar-refractivity contribution in [3.05, 3.63) is 72.3 Å². The molecule has 0 saturated carbocycles. The van der Waals surface area contributed by atoms with Crippen LogP contribution in [0.3, 0.4) is 0 Å². The van der Waals surface area contributed by atoms with Crippen molar-refractivity contribution >= 4 is 29.8 Å². The van der Waals surface area contributed by atoms with Crippen LogP contribution in [0.2, 0.25) is 0 Å². The van der Waals surface area contributed by atoms with E-state index in [4.69, 9.17) is 14.2 Å². The molecule has 12 nitrogen and oxygen atoms in total. The molecule has 12 heteroatoms. The SMILES string of the molecule is C=CCOC(=O)C(CCC(=O)OC)NC(=O)C(COC)NC(=O)CNC(=O)OCC1c2ccccc2-c2ccccc21. The average Bonchev–Trinajstić information content (AvgIpc) is 3.32. The second kappa shape index (κ2) is 15.9. The second-order valence-electron chi connectivity index (χ2n) is 9.35. The number of benzene rings is 2. The van der Waals surface area contributed by atoms with Crippen molar-refractivity contribution in [2.75, 3.05) is 40.6 Å². The zero-order chi connectivity index (χ0) is 30.5. The zero-order valence-corrected chi connectivity index (χ0v) is 23.6. The van der Waals surface area contributed by atoms with E-state index in [0.717, 1.165) is 22.3 Å². The molecule has 3 rings (SSSR count). The molecule has 2 aromatic rings. The molecule has 0 saturated heterocycles. The lowest BCUT2D eigenvalue weighted by Crippen LogP contribution is -2.55. The second-order valence-corrected chi connectivity index (χ2v) is 9.35. The van der Waals surface area contributed by atoms with Gasteiger partial charge in [-0.25, -0.2) is 9.59 Å². The largest absolute Gasteiger partial charge is 0.469 e. The normalized spacial score (nSPS) is 13.0. The molecule has 0 heterocycles. The molecule has 3 N–H and O–H groups in total. The minimum Gasteiger partial charge on any atom is -0.469 e. The molecule has 0 fully saturated rings. The predicted molar refractivity (Wildman–Crippen MR) is 151 cm³/mol. The molecule has 2 unspecified atom stereocenters. The lowest BCUT2D eigenvalue weighted by Gasteiger charge is -2.22. The van der Waals surface area contributed by atoms with Crippen LogP contribution in [-0.2, 0) is 38.1 Å². The van der Waals surface area contributed by atoms with E-state index in [9.17, 15) is 24.0 Å². The van der Waals surface area contributed by atoms with Crippen LogP contribution in [0.4, 0.5) is 4.79 Å². The third-order valence-corrected chi connectivity index (χ3v) is 6.53. The number of hydrogen-bond acceptors (Lipinski definition) is 9. The summed E-state index contributed by atoms with van der Waals surface area (Å²) in [5.74, 6) is -2.95. The first-order valence-corrected chi connectivity index (χ1v) is 13.3. The van der Waals surface area contributed by atoms with Crippen LogP contribution < -0.4 is 16.0 Å². The number of amides is 3. The molecule has 0 bridgehead atoms. The van der Waals surface area contributed by atoms with E-state index < -0.39 is 48.5 Å². The van der Waals surface area contributed by atoms with Gasteiger partial charge in [-0.15, -0.1) is 0 Å². The van der Waals surface area contributed by atoms with Gasteiger partial charge in [0.15, 0.2) is 0 Å². The van der Waals surface area contributed by atoms with Gasteiger partial charge in [0, 0.05) is 19.4 Å². The van der Waals surface area contributed by atoms with Crippen LogP contribution in [0.15, 0.2) is 61.2 Å². The maximum absolute atomic E-state index is 12.9. The van der Waals surface area contributed by atoms with E-state index in [2.05, 4.69) is 27.3 Å². The summed E-state index contributed by atoms with van der Waals surface area (Å²) < 4.78 is 20.1. The Kier molecular flexibility index (Phi) is 12.1. The van der Waals surface area contributed by atoms with E-state index in [0.29, 0.717) is 0 Å². The van der Waals surface area contributed by atoms with Gasteiger partial charge in [-0.2, -0.15) is 0 Å². The number of esters is 2. The standard InChI is InChI=1S/C30H35N3O9/c1-4-15-41-29(37)24(13-14-27(35)40-3)33-28(36)25(18-39-2)32-26(34)16-31-30(38)42-17-23-21-11-7-5-9-19(21)20-10-6-8-12-22(20)23/h4-12,23-25H,1,13-18H2,2-3H3,(H,31,38)(H,32,34)(H,33,36). The highest BCUT2D eigenvalue weighted by molar-refractivity contribution is 5.92. The Labute approximate surface area is 243 Å². The molecule has 42 heavy (non-hydrogen) atoms. The molecule has 2 atom stereocenters. The summed E-state index contributed by atoms with van der Waals surface area (Å²) in [5.41, 5.74) is 4.28. The molecule has 1 aliphatic carbocycles. The van der Waals surface area contributed by atoms with Crippen LogP contribution in [0.1, 0.15) is 29.9 Å². The molecule has 224 valence electrons. The van der Waals surface area contributed by atoms with Crippen molar-refractivity contribution in [3.63, 3.8) is 0 Å². The Hall–Kier alpha value is -4.71. The number of hydrogen-bond donors (Lipinski definition) is 3. The van der Waals surface area contributed by atoms with Crippen LogP contribution in [0.5, 0.6) is 0 Å². The Balaban J connectivity index is 1.52. The molecule has 3 amide bonds. The van der Waals surface area contributed by atoms with Gasteiger partial charge >= 0.3 is 18.0 Å². The number of rotatable bonds is 15. The minimum atomic E-state index is -1.21. The lowest BCUT2D eigenvalue weighted by molar-refractivity contribution is -0.148. The average molecular weight is 582 g/mol. The Morgan fingerprint density at radius 1 is 0.905 bits per heavy atom. The Morgan fingerprint density at radius 2 is 1.55 bits per heavy atom. The predicted octanol–water partition coefficient (Wildman–Crippen LogP) is 1.82. The highest BCUT2D eigenvalue weighted by atomic mass is 16.5. The van der Waals surface area contributed by atoms with Gasteiger partial charge in [0.2, 0.25) is 11.8 Å². The van der Waals surface area contributed by atoms with E-state index in [-0.39, 0.29) is 38.6 Å². The van der Waals surface area contributed by atoms with Crippen LogP contribution in [-0.4, -0.2) is 82.5 Å². The van der Waals surface area contributed by atoms with Crippen LogP contribution >= 0.6 is 0 Å². The first-order valence-electron chi connectivity index (χ1n) is 13.3. The van der Waals surface area contributed by atoms with E-state index in [1.807, 2.05) is 48.5 Å². The summed E-state index contributed by atoms with van der Waals surface area (Å²) >= 11 is 0. The molecular weight excluding hydrogens is 546 g/mol. The molecule has 0 spiro atoms. The van der Waals surface area contributed by atoms with E-state index >= 15 is 0 Å². The fraction of sp³-hybridized carbons (Fsp3) is 0.367. The van der Waals surface area contributed by atoms with Crippen LogP contribution in [0, 0.1) is 0 Å². The molecule has 0 radical (unpaired) electrons. The fourth-order valence-corrected chi connectivity index (χ4v) is 4.52. The first kappa shape index (κ1) is 31.8. The van der Waals surface area contributed by atoms with Crippen molar-refractivity contribution in [1.29, 1.82) is 0 Å². The Bertz CT molecular complexity index is 1250. The third-order valence-electron chi connectivity index (χ3n) is 6.53. The quantitative estimate of drug-likeness (QED) is 0.162. The lowest BCUT2D eigenvalue weighted by atomic mass is 9.98. The van der Waals surface area contributed by atoms with Gasteiger partial charge in [0.1, 0.15) is 31.8 Å². The van der Waals surface area contributed by atoms with Gasteiger partial charge < -0.3 is 34.9 Å². The summed E-state index contributed by atoms with van der Waals surface area (Å²) in [6.45, 7) is 2.74. The maximum Gasteiger partial charge on any atom is 0.407 e. The topological polar surface area (TPSA) is 158 Å². The molecule has 1 aliphatic rings. The van der Waals surface area contributed by atoms with Crippen molar-refractivity contribution in [1.82, 2.24) is 16.0 Å². The number of nitrogens with one attached hydrogen (secondary N) is 3. The number of carbonyl (C=O) groups is 5. The van der Waals surface area contributed by atoms with Gasteiger partial charge in [-0.1, -0.05) is 61.2 Å². The highest BCUT2D eigenvalue weighted by Gasteiger charge is 2.30. The number of carbonyl (C=O) groups excluding carboxylic acids is 5. The highest BCUT2D eigenvalue weighted by Crippen LogP contribution is 2.44. The maximum atomic E-state index is 12.9. The van der Waals surface area contributed by atoms with Crippen LogP contribution in [0.25, 0.3) is 11.1 Å². The third kappa shape index (κ3) is 8.64. The number of fused-ring (bicyclic) bond motifs is 3. The molecular formula is C30H35N3O9. The minimum absolute atomic E-state index is 0.0745. The summed E-state index contributed by atoms with van der Waals surface area (Å²) in [7, 11) is 2.53. The smallest absolute Gasteiger partial charge is 0.407 e. The molecule has 2 aromatic carbocycles. The van der Waals surface area contributed by atoms with Gasteiger partial charge in [-0.3, -0.25) is 14.4 Å². The fourth-order valence-electron chi connectivity index (χ4n) is 4.52. The Morgan fingerprint density at radius 3 is 2.14 bits per heavy atom. The van der Waals surface area contributed by atoms with Gasteiger partial charge in [0.25, 0.3) is 0 Å². The summed E-state index contributed by atoms with van der Waals surface area (Å²) in [6.07, 6.45) is 0.309. The van der Waals surface area contributed by atoms with E-state index in [1.54, 1.807) is 0 Å². The van der Waals surface area contributed by atoms with Gasteiger partial charge in [-0.05, 0) is 28.7 Å². The number of methoxy groups -OCH3 is 2. The van der Waals surface area contributed by atoms with Crippen molar-refractivity contribution in [2.24, 2.45) is 0 Å². The van der Waals surface area contributed by atoms with E-state index in [1.165, 1.54) is 20.3 Å². The van der Waals surface area contributed by atoms with Crippen molar-refractivity contribution in [3.8, 4) is 11.1 Å². The monoisotopic (exact) mass is 581 g/mol. The van der Waals surface area contributed by atoms with Crippen molar-refractivity contribution < 1.29 is 42.9 Å². The first-order chi connectivity index (χ1) is 20.3.